The monoisotopic (exact) mass is 304 g/mol. The summed E-state index contributed by atoms with van der Waals surface area (Å²) in [5.41, 5.74) is 10.0. The van der Waals surface area contributed by atoms with Gasteiger partial charge >= 0.3 is 0 Å². The summed E-state index contributed by atoms with van der Waals surface area (Å²) < 4.78 is 6.63. The average Bonchev–Trinajstić information content (AvgIpc) is 3.10. The molecule has 0 aliphatic heterocycles. The van der Waals surface area contributed by atoms with E-state index >= 15 is 0 Å². The van der Waals surface area contributed by atoms with E-state index in [0.717, 1.165) is 33.1 Å². The van der Waals surface area contributed by atoms with Crippen molar-refractivity contribution in [1.29, 1.82) is 0 Å². The summed E-state index contributed by atoms with van der Waals surface area (Å²) in [6.45, 7) is 1.98. The van der Waals surface area contributed by atoms with Crippen LogP contribution in [0, 0.1) is 6.92 Å². The minimum absolute atomic E-state index is 0.523. The molecule has 4 nitrogen and oxygen atoms in total. The summed E-state index contributed by atoms with van der Waals surface area (Å²) in [5, 5.41) is 1.43. The molecule has 4 rings (SSSR count). The second-order valence-electron chi connectivity index (χ2n) is 5.18. The number of hydrogen-bond acceptors (Lipinski definition) is 4. The lowest BCUT2D eigenvalue weighted by Gasteiger charge is -2.07. The fourth-order valence-electron chi connectivity index (χ4n) is 2.61. The van der Waals surface area contributed by atoms with Gasteiger partial charge in [-0.15, -0.1) is 0 Å². The van der Waals surface area contributed by atoms with E-state index in [4.69, 9.17) is 22.3 Å². The lowest BCUT2D eigenvalue weighted by atomic mass is 10.2. The number of halogens is 1. The minimum atomic E-state index is 0.523. The second kappa shape index (κ2) is 4.20. The van der Waals surface area contributed by atoms with E-state index in [9.17, 15) is 0 Å². The molecule has 2 aromatic heterocycles. The predicted octanol–water partition coefficient (Wildman–Crippen LogP) is 4.04. The second-order valence-corrected chi connectivity index (χ2v) is 6.42. The van der Waals surface area contributed by atoms with E-state index in [1.807, 2.05) is 25.1 Å². The van der Waals surface area contributed by atoms with Gasteiger partial charge in [-0.1, -0.05) is 11.6 Å². The van der Waals surface area contributed by atoms with E-state index in [2.05, 4.69) is 8.94 Å². The summed E-state index contributed by atoms with van der Waals surface area (Å²) in [7, 11) is 0. The first kappa shape index (κ1) is 12.2. The van der Waals surface area contributed by atoms with Gasteiger partial charge in [0.1, 0.15) is 10.8 Å². The maximum absolute atomic E-state index is 6.09. The molecule has 3 aromatic rings. The number of nitrogens with two attached hydrogens (primary N) is 1. The van der Waals surface area contributed by atoms with Crippen molar-refractivity contribution >= 4 is 39.2 Å². The zero-order valence-electron chi connectivity index (χ0n) is 10.9. The Hall–Kier alpha value is -1.59. The number of aromatic nitrogens is 3. The van der Waals surface area contributed by atoms with Crippen molar-refractivity contribution in [3.8, 4) is 11.4 Å². The lowest BCUT2D eigenvalue weighted by molar-refractivity contribution is 0.775. The van der Waals surface area contributed by atoms with Crippen molar-refractivity contribution in [3.63, 3.8) is 0 Å². The van der Waals surface area contributed by atoms with Crippen molar-refractivity contribution in [2.24, 2.45) is 0 Å². The Bertz CT molecular complexity index is 797. The third-order valence-corrected chi connectivity index (χ3v) is 4.68. The Morgan fingerprint density at radius 2 is 2.20 bits per heavy atom. The van der Waals surface area contributed by atoms with E-state index in [1.54, 1.807) is 0 Å². The van der Waals surface area contributed by atoms with Crippen molar-refractivity contribution in [2.45, 2.75) is 25.8 Å². The van der Waals surface area contributed by atoms with Gasteiger partial charge in [0.05, 0.1) is 22.3 Å². The fraction of sp³-hybridized carbons (Fsp3) is 0.286. The Kier molecular flexibility index (Phi) is 2.56. The number of nitrogens with zero attached hydrogens (tertiary/aromatic N) is 3. The van der Waals surface area contributed by atoms with E-state index in [-0.39, 0.29) is 0 Å². The molecule has 0 saturated heterocycles. The zero-order chi connectivity index (χ0) is 13.9. The number of hydrogen-bond donors (Lipinski definition) is 1. The molecular weight excluding hydrogens is 292 g/mol. The standard InChI is InChI=1S/C14H13ClN4S/c1-7-12(13(16)20-18-7)14-17-10-6-8(15)2-5-11(10)19(14)9-3-4-9/h2,5-6,9H,3-4,16H2,1H3. The Balaban J connectivity index is 2.06. The highest BCUT2D eigenvalue weighted by Crippen LogP contribution is 2.43. The largest absolute Gasteiger partial charge is 0.389 e. The summed E-state index contributed by atoms with van der Waals surface area (Å²) in [5.74, 6) is 0.925. The van der Waals surface area contributed by atoms with Crippen molar-refractivity contribution < 1.29 is 0 Å². The van der Waals surface area contributed by atoms with Crippen LogP contribution in [0.25, 0.3) is 22.4 Å². The van der Waals surface area contributed by atoms with Gasteiger partial charge in [-0.3, -0.25) is 0 Å². The molecule has 1 aliphatic rings. The fourth-order valence-corrected chi connectivity index (χ4v) is 3.43. The van der Waals surface area contributed by atoms with Gasteiger partial charge in [0.2, 0.25) is 0 Å². The Morgan fingerprint density at radius 3 is 2.85 bits per heavy atom. The number of imidazole rings is 1. The van der Waals surface area contributed by atoms with Crippen LogP contribution in [0.3, 0.4) is 0 Å². The molecule has 2 N–H and O–H groups in total. The highest BCUT2D eigenvalue weighted by molar-refractivity contribution is 7.10. The highest BCUT2D eigenvalue weighted by Gasteiger charge is 2.30. The maximum Gasteiger partial charge on any atom is 0.146 e. The smallest absolute Gasteiger partial charge is 0.146 e. The van der Waals surface area contributed by atoms with Crippen LogP contribution < -0.4 is 5.73 Å². The van der Waals surface area contributed by atoms with Crippen molar-refractivity contribution in [1.82, 2.24) is 13.9 Å². The van der Waals surface area contributed by atoms with Crippen LogP contribution in [0.15, 0.2) is 18.2 Å². The van der Waals surface area contributed by atoms with Gasteiger partial charge in [0.15, 0.2) is 0 Å². The van der Waals surface area contributed by atoms with Gasteiger partial charge in [-0.05, 0) is 49.5 Å². The number of aryl methyl sites for hydroxylation is 1. The number of anilines is 1. The molecule has 102 valence electrons. The van der Waals surface area contributed by atoms with Crippen LogP contribution in [-0.2, 0) is 0 Å². The molecule has 0 unspecified atom stereocenters. The number of nitrogen functional groups attached to an aromatic ring is 1. The SMILES string of the molecule is Cc1nsc(N)c1-c1nc2cc(Cl)ccc2n1C1CC1. The molecule has 0 atom stereocenters. The number of fused-ring (bicyclic) bond motifs is 1. The topological polar surface area (TPSA) is 56.7 Å². The molecule has 6 heteroatoms. The van der Waals surface area contributed by atoms with Gasteiger partial charge < -0.3 is 10.3 Å². The minimum Gasteiger partial charge on any atom is -0.389 e. The third-order valence-electron chi connectivity index (χ3n) is 3.68. The first-order valence-electron chi connectivity index (χ1n) is 6.55. The molecule has 0 amide bonds. The summed E-state index contributed by atoms with van der Waals surface area (Å²) >= 11 is 7.41. The normalized spacial score (nSPS) is 15.1. The molecular formula is C14H13ClN4S. The van der Waals surface area contributed by atoms with Crippen LogP contribution in [-0.4, -0.2) is 13.9 Å². The number of rotatable bonds is 2. The van der Waals surface area contributed by atoms with Gasteiger partial charge in [-0.2, -0.15) is 4.37 Å². The average molecular weight is 305 g/mol. The van der Waals surface area contributed by atoms with E-state index in [0.29, 0.717) is 11.1 Å². The summed E-state index contributed by atoms with van der Waals surface area (Å²) in [6.07, 6.45) is 2.38. The van der Waals surface area contributed by atoms with Crippen molar-refractivity contribution in [2.75, 3.05) is 5.73 Å². The molecule has 1 aromatic carbocycles. The molecule has 1 saturated carbocycles. The van der Waals surface area contributed by atoms with Gasteiger partial charge in [0.25, 0.3) is 0 Å². The quantitative estimate of drug-likeness (QED) is 0.777. The first-order valence-corrected chi connectivity index (χ1v) is 7.70. The third kappa shape index (κ3) is 1.73. The van der Waals surface area contributed by atoms with Crippen molar-refractivity contribution in [3.05, 3.63) is 28.9 Å². The summed E-state index contributed by atoms with van der Waals surface area (Å²) in [4.78, 5) is 4.76. The van der Waals surface area contributed by atoms with Crippen LogP contribution in [0.2, 0.25) is 5.02 Å². The highest BCUT2D eigenvalue weighted by atomic mass is 35.5. The van der Waals surface area contributed by atoms with Gasteiger partial charge in [-0.25, -0.2) is 4.98 Å². The Labute approximate surface area is 125 Å². The number of benzene rings is 1. The molecule has 1 fully saturated rings. The molecule has 0 radical (unpaired) electrons. The summed E-state index contributed by atoms with van der Waals surface area (Å²) in [6, 6.07) is 6.38. The lowest BCUT2D eigenvalue weighted by Crippen LogP contribution is -1.99. The Morgan fingerprint density at radius 1 is 1.40 bits per heavy atom. The van der Waals surface area contributed by atoms with Crippen LogP contribution in [0.5, 0.6) is 0 Å². The molecule has 20 heavy (non-hydrogen) atoms. The molecule has 2 heterocycles. The zero-order valence-corrected chi connectivity index (χ0v) is 12.5. The first-order chi connectivity index (χ1) is 9.65. The molecule has 0 spiro atoms. The van der Waals surface area contributed by atoms with Gasteiger partial charge in [0, 0.05) is 11.1 Å². The molecule has 1 aliphatic carbocycles. The van der Waals surface area contributed by atoms with Crippen LogP contribution in [0.4, 0.5) is 5.00 Å². The molecule has 0 bridgehead atoms. The van der Waals surface area contributed by atoms with E-state index in [1.165, 1.54) is 24.4 Å². The van der Waals surface area contributed by atoms with Crippen LogP contribution in [0.1, 0.15) is 24.6 Å². The van der Waals surface area contributed by atoms with Crippen LogP contribution >= 0.6 is 23.1 Å². The van der Waals surface area contributed by atoms with E-state index < -0.39 is 0 Å². The maximum atomic E-state index is 6.09. The predicted molar refractivity (Wildman–Crippen MR) is 83.3 cm³/mol.